The van der Waals surface area contributed by atoms with E-state index in [1.807, 2.05) is 60.3 Å². The van der Waals surface area contributed by atoms with Crippen molar-refractivity contribution in [1.82, 2.24) is 9.80 Å². The summed E-state index contributed by atoms with van der Waals surface area (Å²) in [5, 5.41) is 10.3. The minimum absolute atomic E-state index is 0.331. The molecule has 0 saturated heterocycles. The van der Waals surface area contributed by atoms with E-state index < -0.39 is 17.6 Å². The lowest BCUT2D eigenvalue weighted by atomic mass is 10.2. The molecule has 0 bridgehead atoms. The van der Waals surface area contributed by atoms with Crippen LogP contribution in [0.4, 0.5) is 4.79 Å². The van der Waals surface area contributed by atoms with Crippen molar-refractivity contribution >= 4 is 6.09 Å². The summed E-state index contributed by atoms with van der Waals surface area (Å²) < 4.78 is 11.0. The third-order valence-electron chi connectivity index (χ3n) is 2.97. The van der Waals surface area contributed by atoms with Crippen LogP contribution >= 0.6 is 0 Å². The van der Waals surface area contributed by atoms with Crippen molar-refractivity contribution in [1.29, 1.82) is 0 Å². The molecule has 0 aliphatic rings. The number of nitrogens with zero attached hydrogens (tertiary/aromatic N) is 2. The van der Waals surface area contributed by atoms with Crippen LogP contribution in [-0.4, -0.2) is 64.8 Å². The Balaban J connectivity index is 4.66. The molecule has 6 nitrogen and oxygen atoms in total. The monoisotopic (exact) mass is 332 g/mol. The molecule has 0 heterocycles. The van der Waals surface area contributed by atoms with Crippen molar-refractivity contribution in [3.63, 3.8) is 0 Å². The minimum atomic E-state index is -0.979. The van der Waals surface area contributed by atoms with E-state index in [4.69, 9.17) is 9.47 Å². The van der Waals surface area contributed by atoms with E-state index in [1.54, 1.807) is 4.90 Å². The number of ether oxygens (including phenoxy) is 2. The molecule has 138 valence electrons. The average Bonchev–Trinajstić information content (AvgIpc) is 2.33. The van der Waals surface area contributed by atoms with Crippen molar-refractivity contribution in [3.05, 3.63) is 0 Å². The third kappa shape index (κ3) is 10.5. The van der Waals surface area contributed by atoms with Gasteiger partial charge in [0.15, 0.2) is 0 Å². The molecule has 6 heteroatoms. The van der Waals surface area contributed by atoms with Gasteiger partial charge in [-0.2, -0.15) is 0 Å². The normalized spacial score (nSPS) is 14.0. The molecule has 0 spiro atoms. The Morgan fingerprint density at radius 1 is 1.00 bits per heavy atom. The summed E-state index contributed by atoms with van der Waals surface area (Å²) in [6.45, 7) is 17.5. The van der Waals surface area contributed by atoms with E-state index in [-0.39, 0.29) is 6.09 Å². The molecule has 0 radical (unpaired) electrons. The van der Waals surface area contributed by atoms with Gasteiger partial charge in [0, 0.05) is 26.2 Å². The quantitative estimate of drug-likeness (QED) is 0.692. The zero-order valence-electron chi connectivity index (χ0n) is 16.2. The highest BCUT2D eigenvalue weighted by molar-refractivity contribution is 5.68. The topological polar surface area (TPSA) is 62.2 Å². The van der Waals surface area contributed by atoms with E-state index in [1.165, 1.54) is 0 Å². The summed E-state index contributed by atoms with van der Waals surface area (Å²) in [5.41, 5.74) is -0.941. The Morgan fingerprint density at radius 2 is 1.57 bits per heavy atom. The molecule has 0 aliphatic carbocycles. The molecular formula is C17H36N2O4. The smallest absolute Gasteiger partial charge is 0.410 e. The first-order chi connectivity index (χ1) is 10.4. The first-order valence-corrected chi connectivity index (χ1v) is 8.47. The molecule has 1 unspecified atom stereocenters. The fourth-order valence-corrected chi connectivity index (χ4v) is 1.96. The second-order valence-electron chi connectivity index (χ2n) is 7.65. The number of hydrogen-bond acceptors (Lipinski definition) is 5. The number of carbonyl (C=O) groups excluding carboxylic acids is 1. The van der Waals surface area contributed by atoms with Gasteiger partial charge in [0.25, 0.3) is 0 Å². The molecule has 1 atom stereocenters. The number of aliphatic hydroxyl groups excluding tert-OH is 1. The van der Waals surface area contributed by atoms with Gasteiger partial charge in [0.05, 0.1) is 5.60 Å². The summed E-state index contributed by atoms with van der Waals surface area (Å²) in [7, 11) is 0. The molecule has 0 saturated carbocycles. The number of carbonyl (C=O) groups is 1. The van der Waals surface area contributed by atoms with Crippen LogP contribution in [0.1, 0.15) is 61.8 Å². The largest absolute Gasteiger partial charge is 0.444 e. The number of aliphatic hydroxyl groups is 1. The van der Waals surface area contributed by atoms with E-state index >= 15 is 0 Å². The van der Waals surface area contributed by atoms with Gasteiger partial charge < -0.3 is 19.5 Å². The van der Waals surface area contributed by atoms with E-state index in [0.717, 1.165) is 6.42 Å². The first-order valence-electron chi connectivity index (χ1n) is 8.47. The van der Waals surface area contributed by atoms with Gasteiger partial charge in [-0.1, -0.05) is 6.92 Å². The second kappa shape index (κ2) is 9.45. The third-order valence-corrected chi connectivity index (χ3v) is 2.97. The summed E-state index contributed by atoms with van der Waals surface area (Å²) in [5.74, 6) is 0. The maximum Gasteiger partial charge on any atom is 0.410 e. The van der Waals surface area contributed by atoms with Crippen LogP contribution in [0, 0.1) is 0 Å². The maximum absolute atomic E-state index is 12.2. The van der Waals surface area contributed by atoms with Crippen molar-refractivity contribution in [2.75, 3.05) is 26.2 Å². The van der Waals surface area contributed by atoms with Crippen molar-refractivity contribution in [2.45, 2.75) is 79.4 Å². The maximum atomic E-state index is 12.2. The molecular weight excluding hydrogens is 296 g/mol. The zero-order valence-corrected chi connectivity index (χ0v) is 16.2. The number of rotatable bonds is 8. The van der Waals surface area contributed by atoms with E-state index in [9.17, 15) is 9.90 Å². The Morgan fingerprint density at radius 3 is 1.96 bits per heavy atom. The minimum Gasteiger partial charge on any atom is -0.444 e. The molecule has 0 aromatic heterocycles. The van der Waals surface area contributed by atoms with Crippen molar-refractivity contribution in [3.8, 4) is 0 Å². The predicted octanol–water partition coefficient (Wildman–Crippen LogP) is 3.05. The van der Waals surface area contributed by atoms with Gasteiger partial charge in [-0.15, -0.1) is 0 Å². The molecule has 0 aromatic carbocycles. The Kier molecular flexibility index (Phi) is 9.10. The van der Waals surface area contributed by atoms with E-state index in [2.05, 4.69) is 0 Å². The molecule has 0 rings (SSSR count). The highest BCUT2D eigenvalue weighted by Crippen LogP contribution is 2.13. The van der Waals surface area contributed by atoms with Crippen LogP contribution in [0.2, 0.25) is 0 Å². The Labute approximate surface area is 141 Å². The zero-order chi connectivity index (χ0) is 18.3. The van der Waals surface area contributed by atoms with Gasteiger partial charge in [-0.3, -0.25) is 4.90 Å². The van der Waals surface area contributed by atoms with Crippen LogP contribution in [0.15, 0.2) is 0 Å². The highest BCUT2D eigenvalue weighted by atomic mass is 16.6. The fraction of sp³-hybridized carbons (Fsp3) is 0.941. The lowest BCUT2D eigenvalue weighted by Gasteiger charge is -2.34. The fourth-order valence-electron chi connectivity index (χ4n) is 1.96. The summed E-state index contributed by atoms with van der Waals surface area (Å²) in [6, 6.07) is 0. The highest BCUT2D eigenvalue weighted by Gasteiger charge is 2.25. The van der Waals surface area contributed by atoms with Gasteiger partial charge in [0.2, 0.25) is 6.41 Å². The lowest BCUT2D eigenvalue weighted by molar-refractivity contribution is -0.239. The van der Waals surface area contributed by atoms with Gasteiger partial charge >= 0.3 is 6.09 Å². The molecule has 1 amide bonds. The van der Waals surface area contributed by atoms with Gasteiger partial charge in [-0.05, 0) is 54.9 Å². The second-order valence-corrected chi connectivity index (χ2v) is 7.65. The molecule has 1 N–H and O–H groups in total. The summed E-state index contributed by atoms with van der Waals surface area (Å²) in [4.78, 5) is 15.6. The molecule has 23 heavy (non-hydrogen) atoms. The van der Waals surface area contributed by atoms with Crippen LogP contribution in [0.5, 0.6) is 0 Å². The number of likely N-dealkylation sites (N-methyl/N-ethyl adjacent to an activating group) is 1. The number of amides is 1. The molecule has 0 fully saturated rings. The predicted molar refractivity (Wildman–Crippen MR) is 92.2 cm³/mol. The molecule has 0 aromatic rings. The summed E-state index contributed by atoms with van der Waals surface area (Å²) in [6.07, 6.45) is -0.418. The first kappa shape index (κ1) is 22.1. The van der Waals surface area contributed by atoms with Gasteiger partial charge in [-0.25, -0.2) is 4.79 Å². The van der Waals surface area contributed by atoms with Crippen LogP contribution in [0.3, 0.4) is 0 Å². The van der Waals surface area contributed by atoms with Gasteiger partial charge in [0.1, 0.15) is 5.60 Å². The SMILES string of the molecule is CCCN(CCN(CC)C(=O)OC(C)(C)C)C(O)OC(C)(C)C. The molecule has 0 aliphatic heterocycles. The van der Waals surface area contributed by atoms with Crippen LogP contribution in [-0.2, 0) is 9.47 Å². The number of hydrogen-bond donors (Lipinski definition) is 1. The van der Waals surface area contributed by atoms with Crippen molar-refractivity contribution in [2.24, 2.45) is 0 Å². The van der Waals surface area contributed by atoms with Crippen LogP contribution in [0.25, 0.3) is 0 Å². The summed E-state index contributed by atoms with van der Waals surface area (Å²) >= 11 is 0. The standard InChI is InChI=1S/C17H36N2O4/c1-9-11-19(15(21)23-17(6,7)8)13-12-18(10-2)14(20)22-16(3,4)5/h15,21H,9-13H2,1-8H3. The Bertz CT molecular complexity index is 347. The lowest BCUT2D eigenvalue weighted by Crippen LogP contribution is -2.47. The Hall–Kier alpha value is -0.850. The van der Waals surface area contributed by atoms with Crippen LogP contribution < -0.4 is 0 Å². The van der Waals surface area contributed by atoms with E-state index in [0.29, 0.717) is 26.2 Å². The van der Waals surface area contributed by atoms with Crippen molar-refractivity contribution < 1.29 is 19.4 Å². The average molecular weight is 332 g/mol.